The Balaban J connectivity index is 1.60. The van der Waals surface area contributed by atoms with Gasteiger partial charge in [-0.3, -0.25) is 14.8 Å². The summed E-state index contributed by atoms with van der Waals surface area (Å²) in [6.45, 7) is 1.88. The van der Waals surface area contributed by atoms with E-state index >= 15 is 0 Å². The van der Waals surface area contributed by atoms with Crippen LogP contribution in [0.1, 0.15) is 34.1 Å². The van der Waals surface area contributed by atoms with Gasteiger partial charge < -0.3 is 10.4 Å². The number of hydrogen-bond acceptors (Lipinski definition) is 4. The summed E-state index contributed by atoms with van der Waals surface area (Å²) in [5.41, 5.74) is 2.86. The number of aliphatic imine (C=N–C) groups is 1. The van der Waals surface area contributed by atoms with Crippen molar-refractivity contribution in [2.45, 2.75) is 25.5 Å². The fraction of sp³-hybridized carbons (Fsp3) is 0.192. The summed E-state index contributed by atoms with van der Waals surface area (Å²) in [6, 6.07) is 15.1. The number of halogens is 2. The van der Waals surface area contributed by atoms with Crippen LogP contribution in [0.25, 0.3) is 5.57 Å². The SMILES string of the molecule is CC(O)[C@@H](Cc1ccccn1)NC(=O)c1cccc(F)c1C1=NCC(c2ccc(F)cc2)=C1. The molecule has 2 aromatic carbocycles. The number of rotatable bonds is 7. The van der Waals surface area contributed by atoms with Crippen LogP contribution in [-0.4, -0.2) is 40.4 Å². The van der Waals surface area contributed by atoms with Crippen LogP contribution in [0.5, 0.6) is 0 Å². The Bertz CT molecular complexity index is 1210. The molecule has 2 atom stereocenters. The maximum Gasteiger partial charge on any atom is 0.252 e. The Morgan fingerprint density at radius 2 is 1.88 bits per heavy atom. The minimum absolute atomic E-state index is 0.0919. The molecule has 1 aliphatic rings. The highest BCUT2D eigenvalue weighted by Crippen LogP contribution is 2.25. The highest BCUT2D eigenvalue weighted by atomic mass is 19.1. The second-order valence-corrected chi connectivity index (χ2v) is 7.89. The number of amides is 1. The lowest BCUT2D eigenvalue weighted by Gasteiger charge is -2.22. The monoisotopic (exact) mass is 447 g/mol. The van der Waals surface area contributed by atoms with Gasteiger partial charge in [-0.05, 0) is 60.5 Å². The van der Waals surface area contributed by atoms with Crippen LogP contribution in [0, 0.1) is 11.6 Å². The van der Waals surface area contributed by atoms with Crippen molar-refractivity contribution < 1.29 is 18.7 Å². The number of benzene rings is 2. The molecule has 0 spiro atoms. The van der Waals surface area contributed by atoms with E-state index in [2.05, 4.69) is 15.3 Å². The lowest BCUT2D eigenvalue weighted by Crippen LogP contribution is -2.44. The average molecular weight is 447 g/mol. The molecule has 7 heteroatoms. The molecule has 4 rings (SSSR count). The molecule has 0 saturated carbocycles. The number of aliphatic hydroxyl groups excluding tert-OH is 1. The van der Waals surface area contributed by atoms with Crippen molar-refractivity contribution in [1.82, 2.24) is 10.3 Å². The lowest BCUT2D eigenvalue weighted by molar-refractivity contribution is 0.0857. The third-order valence-corrected chi connectivity index (χ3v) is 5.51. The molecule has 0 radical (unpaired) electrons. The highest BCUT2D eigenvalue weighted by Gasteiger charge is 2.25. The summed E-state index contributed by atoms with van der Waals surface area (Å²) in [6.07, 6.45) is 2.83. The molecule has 1 aliphatic heterocycles. The van der Waals surface area contributed by atoms with Crippen LogP contribution in [0.4, 0.5) is 8.78 Å². The zero-order valence-electron chi connectivity index (χ0n) is 18.0. The van der Waals surface area contributed by atoms with Gasteiger partial charge in [0.2, 0.25) is 0 Å². The maximum absolute atomic E-state index is 14.9. The Kier molecular flexibility index (Phi) is 6.70. The van der Waals surface area contributed by atoms with Crippen molar-refractivity contribution in [3.8, 4) is 0 Å². The topological polar surface area (TPSA) is 74.6 Å². The van der Waals surface area contributed by atoms with Crippen LogP contribution in [0.3, 0.4) is 0 Å². The van der Waals surface area contributed by atoms with Crippen molar-refractivity contribution in [3.05, 3.63) is 107 Å². The van der Waals surface area contributed by atoms with Crippen LogP contribution in [0.15, 0.2) is 77.9 Å². The predicted octanol–water partition coefficient (Wildman–Crippen LogP) is 3.97. The van der Waals surface area contributed by atoms with Crippen molar-refractivity contribution in [2.24, 2.45) is 4.99 Å². The molecule has 0 aliphatic carbocycles. The van der Waals surface area contributed by atoms with Crippen LogP contribution < -0.4 is 5.32 Å². The van der Waals surface area contributed by atoms with Gasteiger partial charge in [-0.25, -0.2) is 8.78 Å². The number of pyridine rings is 1. The summed E-state index contributed by atoms with van der Waals surface area (Å²) in [4.78, 5) is 21.8. The largest absolute Gasteiger partial charge is 0.391 e. The van der Waals surface area contributed by atoms with E-state index in [0.29, 0.717) is 18.7 Å². The van der Waals surface area contributed by atoms with Gasteiger partial charge in [-0.1, -0.05) is 24.3 Å². The quantitative estimate of drug-likeness (QED) is 0.576. The standard InChI is InChI=1S/C26H23F2N3O2/c1-16(32)23(14-20-5-2-3-12-29-20)31-26(33)21-6-4-7-22(28)25(21)24-13-18(15-30-24)17-8-10-19(27)11-9-17/h2-13,16,23,32H,14-15H2,1H3,(H,31,33)/t16?,23-/m1/s1. The van der Waals surface area contributed by atoms with E-state index in [1.165, 1.54) is 30.3 Å². The minimum atomic E-state index is -0.846. The molecular weight excluding hydrogens is 424 g/mol. The number of allylic oxidation sites excluding steroid dienone is 1. The van der Waals surface area contributed by atoms with Crippen molar-refractivity contribution in [2.75, 3.05) is 6.54 Å². The van der Waals surface area contributed by atoms with Gasteiger partial charge in [-0.2, -0.15) is 0 Å². The van der Waals surface area contributed by atoms with E-state index in [9.17, 15) is 18.7 Å². The second kappa shape index (κ2) is 9.83. The Morgan fingerprint density at radius 1 is 1.09 bits per heavy atom. The number of carbonyl (C=O) groups excluding carboxylic acids is 1. The Hall–Kier alpha value is -3.71. The molecule has 2 N–H and O–H groups in total. The third kappa shape index (κ3) is 5.21. The van der Waals surface area contributed by atoms with Crippen LogP contribution >= 0.6 is 0 Å². The third-order valence-electron chi connectivity index (χ3n) is 5.51. The first-order chi connectivity index (χ1) is 15.9. The van der Waals surface area contributed by atoms with E-state index < -0.39 is 23.9 Å². The van der Waals surface area contributed by atoms with Crippen molar-refractivity contribution in [3.63, 3.8) is 0 Å². The van der Waals surface area contributed by atoms with Crippen LogP contribution in [-0.2, 0) is 6.42 Å². The average Bonchev–Trinajstić information content (AvgIpc) is 3.29. The molecule has 3 aromatic rings. The molecule has 1 amide bonds. The van der Waals surface area contributed by atoms with E-state index in [1.807, 2.05) is 12.1 Å². The number of nitrogens with one attached hydrogen (secondary N) is 1. The van der Waals surface area contributed by atoms with Gasteiger partial charge in [0.25, 0.3) is 5.91 Å². The van der Waals surface area contributed by atoms with E-state index in [4.69, 9.17) is 0 Å². The molecule has 0 bridgehead atoms. The summed E-state index contributed by atoms with van der Waals surface area (Å²) >= 11 is 0. The molecule has 0 fully saturated rings. The fourth-order valence-electron chi connectivity index (χ4n) is 3.72. The smallest absolute Gasteiger partial charge is 0.252 e. The van der Waals surface area contributed by atoms with Gasteiger partial charge in [0.15, 0.2) is 0 Å². The zero-order chi connectivity index (χ0) is 23.4. The van der Waals surface area contributed by atoms with Gasteiger partial charge in [0.05, 0.1) is 30.0 Å². The Morgan fingerprint density at radius 3 is 2.58 bits per heavy atom. The molecule has 168 valence electrons. The molecular formula is C26H23F2N3O2. The first-order valence-electron chi connectivity index (χ1n) is 10.6. The van der Waals surface area contributed by atoms with Crippen LogP contribution in [0.2, 0.25) is 0 Å². The molecule has 0 saturated heterocycles. The van der Waals surface area contributed by atoms with E-state index in [-0.39, 0.29) is 16.9 Å². The first kappa shape index (κ1) is 22.5. The van der Waals surface area contributed by atoms with Gasteiger partial charge in [0.1, 0.15) is 11.6 Å². The molecule has 2 heterocycles. The molecule has 33 heavy (non-hydrogen) atoms. The fourth-order valence-corrected chi connectivity index (χ4v) is 3.72. The lowest BCUT2D eigenvalue weighted by atomic mass is 9.98. The number of carbonyl (C=O) groups is 1. The number of aromatic nitrogens is 1. The second-order valence-electron chi connectivity index (χ2n) is 7.89. The number of aliphatic hydroxyl groups is 1. The highest BCUT2D eigenvalue weighted by molar-refractivity contribution is 6.19. The van der Waals surface area contributed by atoms with Crippen molar-refractivity contribution >= 4 is 17.2 Å². The van der Waals surface area contributed by atoms with E-state index in [1.54, 1.807) is 37.4 Å². The van der Waals surface area contributed by atoms with Gasteiger partial charge in [-0.15, -0.1) is 0 Å². The summed E-state index contributed by atoms with van der Waals surface area (Å²) in [7, 11) is 0. The Labute approximate surface area is 190 Å². The van der Waals surface area contributed by atoms with Gasteiger partial charge in [0, 0.05) is 23.9 Å². The molecule has 1 unspecified atom stereocenters. The summed E-state index contributed by atoms with van der Waals surface area (Å²) < 4.78 is 28.1. The van der Waals surface area contributed by atoms with Crippen molar-refractivity contribution in [1.29, 1.82) is 0 Å². The number of nitrogens with zero attached hydrogens (tertiary/aromatic N) is 2. The number of hydrogen-bond donors (Lipinski definition) is 2. The first-order valence-corrected chi connectivity index (χ1v) is 10.6. The summed E-state index contributed by atoms with van der Waals surface area (Å²) in [5.74, 6) is -1.43. The van der Waals surface area contributed by atoms with E-state index in [0.717, 1.165) is 16.8 Å². The molecule has 1 aromatic heterocycles. The predicted molar refractivity (Wildman–Crippen MR) is 123 cm³/mol. The normalized spacial score (nSPS) is 14.9. The minimum Gasteiger partial charge on any atom is -0.391 e. The molecule has 5 nitrogen and oxygen atoms in total. The zero-order valence-corrected chi connectivity index (χ0v) is 18.0. The van der Waals surface area contributed by atoms with Gasteiger partial charge >= 0.3 is 0 Å². The maximum atomic E-state index is 14.9. The summed E-state index contributed by atoms with van der Waals surface area (Å²) in [5, 5.41) is 13.0.